The largest absolute Gasteiger partial charge is 0.465 e. The Balaban J connectivity index is 1.77. The number of fused-ring (bicyclic) bond motifs is 1. The maximum atomic E-state index is 13.1. The molecule has 0 radical (unpaired) electrons. The number of likely N-dealkylation sites (N-methyl/N-ethyl adjacent to an activating group) is 1. The van der Waals surface area contributed by atoms with Gasteiger partial charge in [0.2, 0.25) is 11.8 Å². The fourth-order valence-electron chi connectivity index (χ4n) is 4.02. The highest BCUT2D eigenvalue weighted by atomic mass is 35.5. The predicted molar refractivity (Wildman–Crippen MR) is 150 cm³/mol. The van der Waals surface area contributed by atoms with Gasteiger partial charge in [-0.05, 0) is 55.0 Å². The van der Waals surface area contributed by atoms with Crippen LogP contribution < -0.4 is 16.2 Å². The van der Waals surface area contributed by atoms with E-state index in [1.54, 1.807) is 38.6 Å². The Hall–Kier alpha value is -4.12. The molecular formula is C27H33ClN6O5. The van der Waals surface area contributed by atoms with Crippen molar-refractivity contribution in [2.75, 3.05) is 19.4 Å². The fraction of sp³-hybridized carbons (Fsp3) is 0.370. The van der Waals surface area contributed by atoms with Gasteiger partial charge in [-0.3, -0.25) is 19.4 Å². The van der Waals surface area contributed by atoms with E-state index in [4.69, 9.17) is 11.6 Å². The molecule has 0 saturated carbocycles. The summed E-state index contributed by atoms with van der Waals surface area (Å²) in [6, 6.07) is 3.80. The Labute approximate surface area is 230 Å². The first kappa shape index (κ1) is 29.4. The highest BCUT2D eigenvalue weighted by Gasteiger charge is 2.21. The van der Waals surface area contributed by atoms with Crippen molar-refractivity contribution in [1.82, 2.24) is 24.8 Å². The average Bonchev–Trinajstić information content (AvgIpc) is 3.27. The molecule has 208 valence electrons. The minimum Gasteiger partial charge on any atom is -0.465 e. The van der Waals surface area contributed by atoms with E-state index < -0.39 is 23.6 Å². The lowest BCUT2D eigenvalue weighted by Crippen LogP contribution is -2.44. The molecule has 0 spiro atoms. The molecule has 0 aliphatic heterocycles. The molecule has 0 unspecified atom stereocenters. The highest BCUT2D eigenvalue weighted by Crippen LogP contribution is 2.27. The number of H-pyrrole nitrogens is 1. The van der Waals surface area contributed by atoms with Crippen LogP contribution in [0.15, 0.2) is 47.5 Å². The van der Waals surface area contributed by atoms with Gasteiger partial charge in [0, 0.05) is 32.2 Å². The summed E-state index contributed by atoms with van der Waals surface area (Å²) in [7, 11) is 3.21. The van der Waals surface area contributed by atoms with Crippen LogP contribution in [0.3, 0.4) is 0 Å². The lowest BCUT2D eigenvalue weighted by Gasteiger charge is -2.16. The van der Waals surface area contributed by atoms with E-state index in [-0.39, 0.29) is 31.0 Å². The third-order valence-electron chi connectivity index (χ3n) is 5.93. The van der Waals surface area contributed by atoms with Gasteiger partial charge in [-0.2, -0.15) is 0 Å². The van der Waals surface area contributed by atoms with E-state index in [1.165, 1.54) is 21.6 Å². The summed E-state index contributed by atoms with van der Waals surface area (Å²) < 4.78 is 1.43. The Morgan fingerprint density at radius 3 is 2.69 bits per heavy atom. The second kappa shape index (κ2) is 13.1. The van der Waals surface area contributed by atoms with Gasteiger partial charge in [-0.25, -0.2) is 4.79 Å². The number of pyridine rings is 2. The normalized spacial score (nSPS) is 12.2. The number of amides is 3. The SMILES string of the molecule is CC(C)Cc1c(Cl)cnc2cc(Cn3cccc(NC(=O)[C@H](CC/C=C/C(=O)N(C)C)NC(=O)O)c3=O)[nH]c12. The molecule has 4 N–H and O–H groups in total. The zero-order valence-electron chi connectivity index (χ0n) is 22.3. The number of aromatic amines is 1. The molecule has 0 aromatic carbocycles. The van der Waals surface area contributed by atoms with Crippen molar-refractivity contribution in [3.8, 4) is 0 Å². The second-order valence-corrected chi connectivity index (χ2v) is 10.2. The number of rotatable bonds is 11. The van der Waals surface area contributed by atoms with Crippen LogP contribution >= 0.6 is 11.6 Å². The molecular weight excluding hydrogens is 524 g/mol. The third-order valence-corrected chi connectivity index (χ3v) is 6.25. The average molecular weight is 557 g/mol. The van der Waals surface area contributed by atoms with Crippen molar-refractivity contribution in [3.05, 3.63) is 69.4 Å². The minimum atomic E-state index is -1.38. The van der Waals surface area contributed by atoms with Crippen LogP contribution in [-0.4, -0.2) is 62.6 Å². The van der Waals surface area contributed by atoms with Crippen molar-refractivity contribution in [2.45, 2.75) is 45.7 Å². The number of nitrogens with zero attached hydrogens (tertiary/aromatic N) is 3. The maximum absolute atomic E-state index is 13.1. The molecule has 1 atom stereocenters. The number of hydrogen-bond acceptors (Lipinski definition) is 5. The molecule has 12 heteroatoms. The summed E-state index contributed by atoms with van der Waals surface area (Å²) in [6.45, 7) is 4.40. The van der Waals surface area contributed by atoms with E-state index in [0.29, 0.717) is 10.9 Å². The number of halogens is 1. The van der Waals surface area contributed by atoms with E-state index >= 15 is 0 Å². The summed E-state index contributed by atoms with van der Waals surface area (Å²) in [6.07, 6.45) is 5.90. The van der Waals surface area contributed by atoms with Gasteiger partial charge in [-0.1, -0.05) is 31.5 Å². The van der Waals surface area contributed by atoms with Crippen LogP contribution in [0.5, 0.6) is 0 Å². The van der Waals surface area contributed by atoms with Gasteiger partial charge < -0.3 is 30.2 Å². The van der Waals surface area contributed by atoms with Crippen molar-refractivity contribution >= 4 is 46.2 Å². The predicted octanol–water partition coefficient (Wildman–Crippen LogP) is 3.62. The van der Waals surface area contributed by atoms with Crippen molar-refractivity contribution in [1.29, 1.82) is 0 Å². The molecule has 3 heterocycles. The molecule has 39 heavy (non-hydrogen) atoms. The quantitative estimate of drug-likeness (QED) is 0.265. The summed E-state index contributed by atoms with van der Waals surface area (Å²) in [5.41, 5.74) is 2.83. The van der Waals surface area contributed by atoms with Crippen LogP contribution in [0.1, 0.15) is 37.9 Å². The fourth-order valence-corrected chi connectivity index (χ4v) is 4.24. The first-order valence-electron chi connectivity index (χ1n) is 12.5. The molecule has 0 bridgehead atoms. The van der Waals surface area contributed by atoms with Crippen LogP contribution in [0, 0.1) is 5.92 Å². The Bertz CT molecular complexity index is 1440. The molecule has 0 aliphatic rings. The molecule has 11 nitrogen and oxygen atoms in total. The molecule has 3 aromatic heterocycles. The van der Waals surface area contributed by atoms with E-state index in [1.807, 2.05) is 6.07 Å². The van der Waals surface area contributed by atoms with Crippen molar-refractivity contribution in [2.24, 2.45) is 5.92 Å². The number of aromatic nitrogens is 3. The minimum absolute atomic E-state index is 0.00999. The number of nitrogens with one attached hydrogen (secondary N) is 3. The van der Waals surface area contributed by atoms with Crippen molar-refractivity contribution in [3.63, 3.8) is 0 Å². The smallest absolute Gasteiger partial charge is 0.405 e. The Kier molecular flexibility index (Phi) is 9.89. The molecule has 0 saturated heterocycles. The first-order chi connectivity index (χ1) is 18.5. The molecule has 3 amide bonds. The van der Waals surface area contributed by atoms with E-state index in [9.17, 15) is 24.3 Å². The van der Waals surface area contributed by atoms with Gasteiger partial charge in [0.05, 0.1) is 22.6 Å². The highest BCUT2D eigenvalue weighted by molar-refractivity contribution is 6.32. The van der Waals surface area contributed by atoms with Crippen LogP contribution in [-0.2, 0) is 22.6 Å². The molecule has 3 aromatic rings. The second-order valence-electron chi connectivity index (χ2n) is 9.80. The monoisotopic (exact) mass is 556 g/mol. The Morgan fingerprint density at radius 2 is 2.03 bits per heavy atom. The van der Waals surface area contributed by atoms with Gasteiger partial charge in [0.15, 0.2) is 0 Å². The van der Waals surface area contributed by atoms with Gasteiger partial charge in [0.25, 0.3) is 5.56 Å². The van der Waals surface area contributed by atoms with Crippen LogP contribution in [0.2, 0.25) is 5.02 Å². The topological polar surface area (TPSA) is 149 Å². The van der Waals surface area contributed by atoms with Crippen LogP contribution in [0.4, 0.5) is 10.5 Å². The van der Waals surface area contributed by atoms with Gasteiger partial charge in [-0.15, -0.1) is 0 Å². The standard InChI is InChI=1S/C27H33ClN6O5/c1-16(2)12-18-19(28)14-29-22-13-17(30-24(18)22)15-34-11-7-9-21(26(34)37)31-25(36)20(32-27(38)39)8-5-6-10-23(35)33(3)4/h6-7,9-11,13-14,16,20,30,32H,5,8,12,15H2,1-4H3,(H,31,36)(H,38,39)/b10-6+/t20-/m0/s1. The first-order valence-corrected chi connectivity index (χ1v) is 12.9. The zero-order chi connectivity index (χ0) is 28.7. The van der Waals surface area contributed by atoms with E-state index in [0.717, 1.165) is 28.7 Å². The number of carboxylic acid groups (broad SMARTS) is 1. The third kappa shape index (κ3) is 7.93. The lowest BCUT2D eigenvalue weighted by molar-refractivity contribution is -0.123. The van der Waals surface area contributed by atoms with Gasteiger partial charge >= 0.3 is 6.09 Å². The summed E-state index contributed by atoms with van der Waals surface area (Å²) in [5.74, 6) is -0.516. The maximum Gasteiger partial charge on any atom is 0.405 e. The summed E-state index contributed by atoms with van der Waals surface area (Å²) in [5, 5.41) is 14.5. The summed E-state index contributed by atoms with van der Waals surface area (Å²) >= 11 is 6.39. The number of carbonyl (C=O) groups is 3. The Morgan fingerprint density at radius 1 is 1.28 bits per heavy atom. The van der Waals surface area contributed by atoms with Crippen molar-refractivity contribution < 1.29 is 19.5 Å². The van der Waals surface area contributed by atoms with Gasteiger partial charge in [0.1, 0.15) is 11.7 Å². The lowest BCUT2D eigenvalue weighted by atomic mass is 10.0. The summed E-state index contributed by atoms with van der Waals surface area (Å²) in [4.78, 5) is 58.0. The molecule has 0 fully saturated rings. The van der Waals surface area contributed by atoms with E-state index in [2.05, 4.69) is 34.4 Å². The number of allylic oxidation sites excluding steroid dienone is 1. The number of hydrogen-bond donors (Lipinski definition) is 4. The zero-order valence-corrected chi connectivity index (χ0v) is 23.1. The molecule has 0 aliphatic carbocycles. The number of carbonyl (C=O) groups excluding carboxylic acids is 2. The number of anilines is 1. The van der Waals surface area contributed by atoms with Crippen LogP contribution in [0.25, 0.3) is 11.0 Å². The molecule has 3 rings (SSSR count).